The molecule has 1 aromatic carbocycles. The molecule has 0 saturated carbocycles. The van der Waals surface area contributed by atoms with Crippen LogP contribution in [0.25, 0.3) is 0 Å². The van der Waals surface area contributed by atoms with E-state index in [1.807, 2.05) is 30.3 Å². The quantitative estimate of drug-likeness (QED) is 0.893. The van der Waals surface area contributed by atoms with Gasteiger partial charge in [-0.25, -0.2) is 0 Å². The molecule has 0 spiro atoms. The Bertz CT molecular complexity index is 569. The molecule has 1 aliphatic heterocycles. The van der Waals surface area contributed by atoms with E-state index in [0.29, 0.717) is 31.4 Å². The van der Waals surface area contributed by atoms with Crippen molar-refractivity contribution >= 4 is 11.9 Å². The zero-order chi connectivity index (χ0) is 13.8. The molecule has 0 atom stereocenters. The van der Waals surface area contributed by atoms with E-state index in [4.69, 9.17) is 10.5 Å². The highest BCUT2D eigenvalue weighted by Crippen LogP contribution is 2.13. The third-order valence-corrected chi connectivity index (χ3v) is 3.19. The zero-order valence-corrected chi connectivity index (χ0v) is 11.2. The first-order valence-corrected chi connectivity index (χ1v) is 6.68. The Labute approximate surface area is 117 Å². The predicted molar refractivity (Wildman–Crippen MR) is 76.5 cm³/mol. The molecule has 1 aliphatic rings. The molecule has 6 nitrogen and oxygen atoms in total. The Balaban J connectivity index is 1.82. The number of nitrogens with zero attached hydrogens (tertiary/aromatic N) is 4. The second-order valence-corrected chi connectivity index (χ2v) is 4.67. The van der Waals surface area contributed by atoms with Gasteiger partial charge in [-0.2, -0.15) is 15.0 Å². The summed E-state index contributed by atoms with van der Waals surface area (Å²) < 4.78 is 5.33. The molecule has 0 unspecified atom stereocenters. The van der Waals surface area contributed by atoms with Gasteiger partial charge in [0.2, 0.25) is 11.9 Å². The van der Waals surface area contributed by atoms with Crippen LogP contribution in [0.3, 0.4) is 0 Å². The maximum absolute atomic E-state index is 5.80. The topological polar surface area (TPSA) is 77.2 Å². The zero-order valence-electron chi connectivity index (χ0n) is 11.2. The third kappa shape index (κ3) is 3.03. The van der Waals surface area contributed by atoms with E-state index >= 15 is 0 Å². The predicted octanol–water partition coefficient (Wildman–Crippen LogP) is 0.881. The van der Waals surface area contributed by atoms with Crippen LogP contribution < -0.4 is 10.6 Å². The maximum Gasteiger partial charge on any atom is 0.230 e. The molecular formula is C14H17N5O. The number of hydrogen-bond acceptors (Lipinski definition) is 6. The Hall–Kier alpha value is -2.21. The molecule has 104 valence electrons. The number of nitrogen functional groups attached to an aromatic ring is 1. The van der Waals surface area contributed by atoms with Gasteiger partial charge >= 0.3 is 0 Å². The largest absolute Gasteiger partial charge is 0.378 e. The monoisotopic (exact) mass is 271 g/mol. The van der Waals surface area contributed by atoms with Crippen LogP contribution >= 0.6 is 0 Å². The van der Waals surface area contributed by atoms with Gasteiger partial charge in [0.15, 0.2) is 0 Å². The van der Waals surface area contributed by atoms with Crippen LogP contribution in [0.4, 0.5) is 11.9 Å². The van der Waals surface area contributed by atoms with Crippen molar-refractivity contribution < 1.29 is 4.74 Å². The summed E-state index contributed by atoms with van der Waals surface area (Å²) in [5.41, 5.74) is 6.96. The molecule has 6 heteroatoms. The van der Waals surface area contributed by atoms with Gasteiger partial charge in [0.05, 0.1) is 13.2 Å². The molecule has 0 radical (unpaired) electrons. The SMILES string of the molecule is Nc1nc(Cc2ccccc2)nc(N2CCOCC2)n1. The van der Waals surface area contributed by atoms with Gasteiger partial charge < -0.3 is 15.4 Å². The van der Waals surface area contributed by atoms with Crippen molar-refractivity contribution in [2.75, 3.05) is 36.9 Å². The van der Waals surface area contributed by atoms with Crippen LogP contribution in [0.5, 0.6) is 0 Å². The Morgan fingerprint density at radius 1 is 1.05 bits per heavy atom. The fourth-order valence-corrected chi connectivity index (χ4v) is 2.19. The minimum absolute atomic E-state index is 0.271. The van der Waals surface area contributed by atoms with Crippen molar-refractivity contribution in [3.8, 4) is 0 Å². The summed E-state index contributed by atoms with van der Waals surface area (Å²) in [6, 6.07) is 10.1. The standard InChI is InChI=1S/C14H17N5O/c15-13-16-12(10-11-4-2-1-3-5-11)17-14(18-13)19-6-8-20-9-7-19/h1-5H,6-10H2,(H2,15,16,17,18). The molecular weight excluding hydrogens is 254 g/mol. The highest BCUT2D eigenvalue weighted by Gasteiger charge is 2.15. The lowest BCUT2D eigenvalue weighted by Gasteiger charge is -2.26. The lowest BCUT2D eigenvalue weighted by atomic mass is 10.1. The summed E-state index contributed by atoms with van der Waals surface area (Å²) in [5.74, 6) is 1.62. The van der Waals surface area contributed by atoms with Gasteiger partial charge in [0.1, 0.15) is 5.82 Å². The molecule has 0 amide bonds. The Kier molecular flexibility index (Phi) is 3.73. The number of aromatic nitrogens is 3. The maximum atomic E-state index is 5.80. The number of morpholine rings is 1. The van der Waals surface area contributed by atoms with Crippen molar-refractivity contribution in [1.29, 1.82) is 0 Å². The number of ether oxygens (including phenoxy) is 1. The van der Waals surface area contributed by atoms with Gasteiger partial charge in [-0.1, -0.05) is 30.3 Å². The molecule has 1 fully saturated rings. The van der Waals surface area contributed by atoms with Crippen molar-refractivity contribution in [2.24, 2.45) is 0 Å². The van der Waals surface area contributed by atoms with Gasteiger partial charge in [0, 0.05) is 19.5 Å². The molecule has 0 bridgehead atoms. The van der Waals surface area contributed by atoms with Crippen molar-refractivity contribution in [3.63, 3.8) is 0 Å². The number of anilines is 2. The number of nitrogens with two attached hydrogens (primary N) is 1. The van der Waals surface area contributed by atoms with Crippen LogP contribution in [0, 0.1) is 0 Å². The fourth-order valence-electron chi connectivity index (χ4n) is 2.19. The van der Waals surface area contributed by atoms with E-state index in [1.54, 1.807) is 0 Å². The third-order valence-electron chi connectivity index (χ3n) is 3.19. The first-order chi connectivity index (χ1) is 9.81. The molecule has 0 aliphatic carbocycles. The summed E-state index contributed by atoms with van der Waals surface area (Å²) in [7, 11) is 0. The minimum atomic E-state index is 0.271. The van der Waals surface area contributed by atoms with Gasteiger partial charge in [0.25, 0.3) is 0 Å². The Morgan fingerprint density at radius 2 is 1.80 bits per heavy atom. The van der Waals surface area contributed by atoms with Gasteiger partial charge in [-0.15, -0.1) is 0 Å². The summed E-state index contributed by atoms with van der Waals surface area (Å²) in [6.45, 7) is 2.96. The van der Waals surface area contributed by atoms with Crippen molar-refractivity contribution in [1.82, 2.24) is 15.0 Å². The Morgan fingerprint density at radius 3 is 2.55 bits per heavy atom. The molecule has 1 aromatic heterocycles. The van der Waals surface area contributed by atoms with E-state index in [0.717, 1.165) is 18.7 Å². The fraction of sp³-hybridized carbons (Fsp3) is 0.357. The number of hydrogen-bond donors (Lipinski definition) is 1. The van der Waals surface area contributed by atoms with E-state index in [9.17, 15) is 0 Å². The van der Waals surface area contributed by atoms with E-state index in [2.05, 4.69) is 19.9 Å². The normalized spacial score (nSPS) is 15.3. The first kappa shape index (κ1) is 12.8. The summed E-state index contributed by atoms with van der Waals surface area (Å²) in [4.78, 5) is 15.0. The second-order valence-electron chi connectivity index (χ2n) is 4.67. The van der Waals surface area contributed by atoms with E-state index < -0.39 is 0 Å². The smallest absolute Gasteiger partial charge is 0.230 e. The average molecular weight is 271 g/mol. The second kappa shape index (κ2) is 5.83. The molecule has 2 heterocycles. The average Bonchev–Trinajstić information content (AvgIpc) is 2.49. The summed E-state index contributed by atoms with van der Waals surface area (Å²) >= 11 is 0. The molecule has 2 aromatic rings. The van der Waals surface area contributed by atoms with Crippen LogP contribution in [0.2, 0.25) is 0 Å². The van der Waals surface area contributed by atoms with Gasteiger partial charge in [-0.3, -0.25) is 0 Å². The lowest BCUT2D eigenvalue weighted by molar-refractivity contribution is 0.122. The van der Waals surface area contributed by atoms with E-state index in [-0.39, 0.29) is 5.95 Å². The lowest BCUT2D eigenvalue weighted by Crippen LogP contribution is -2.37. The first-order valence-electron chi connectivity index (χ1n) is 6.68. The summed E-state index contributed by atoms with van der Waals surface area (Å²) in [6.07, 6.45) is 0.658. The van der Waals surface area contributed by atoms with Crippen LogP contribution in [0.1, 0.15) is 11.4 Å². The van der Waals surface area contributed by atoms with Crippen molar-refractivity contribution in [3.05, 3.63) is 41.7 Å². The molecule has 2 N–H and O–H groups in total. The van der Waals surface area contributed by atoms with E-state index in [1.165, 1.54) is 0 Å². The van der Waals surface area contributed by atoms with Crippen LogP contribution in [-0.2, 0) is 11.2 Å². The highest BCUT2D eigenvalue weighted by atomic mass is 16.5. The highest BCUT2D eigenvalue weighted by molar-refractivity contribution is 5.36. The van der Waals surface area contributed by atoms with Crippen LogP contribution in [-0.4, -0.2) is 41.3 Å². The minimum Gasteiger partial charge on any atom is -0.378 e. The summed E-state index contributed by atoms with van der Waals surface area (Å²) in [5, 5.41) is 0. The van der Waals surface area contributed by atoms with Crippen molar-refractivity contribution in [2.45, 2.75) is 6.42 Å². The van der Waals surface area contributed by atoms with Crippen LogP contribution in [0.15, 0.2) is 30.3 Å². The molecule has 3 rings (SSSR count). The number of benzene rings is 1. The number of rotatable bonds is 3. The van der Waals surface area contributed by atoms with Gasteiger partial charge in [-0.05, 0) is 5.56 Å². The molecule has 1 saturated heterocycles. The molecule has 20 heavy (non-hydrogen) atoms.